The fourth-order valence-electron chi connectivity index (χ4n) is 3.48. The molecule has 5 rings (SSSR count). The van der Waals surface area contributed by atoms with Crippen LogP contribution in [0.4, 0.5) is 5.82 Å². The number of nitrogens with one attached hydrogen (secondary N) is 2. The molecule has 152 valence electrons. The molecule has 8 nitrogen and oxygen atoms in total. The number of nitrogens with zero attached hydrogens (tertiary/aromatic N) is 3. The van der Waals surface area contributed by atoms with Crippen LogP contribution in [0.5, 0.6) is 0 Å². The molecule has 0 unspecified atom stereocenters. The number of amides is 1. The molecule has 0 bridgehead atoms. The molecule has 4 aromatic heterocycles. The number of furan rings is 1. The van der Waals surface area contributed by atoms with E-state index in [9.17, 15) is 9.59 Å². The number of hydrogen-bond donors (Lipinski definition) is 2. The maximum absolute atomic E-state index is 12.6. The zero-order valence-corrected chi connectivity index (χ0v) is 18.0. The molecule has 0 saturated carbocycles. The highest BCUT2D eigenvalue weighted by Gasteiger charge is 2.21. The highest BCUT2D eigenvalue weighted by molar-refractivity contribution is 9.10. The molecule has 30 heavy (non-hydrogen) atoms. The Balaban J connectivity index is 1.59. The summed E-state index contributed by atoms with van der Waals surface area (Å²) in [5, 5.41) is 9.37. The lowest BCUT2D eigenvalue weighted by molar-refractivity contribution is 0.0994. The fourth-order valence-corrected chi connectivity index (χ4v) is 4.47. The van der Waals surface area contributed by atoms with Crippen LogP contribution >= 0.6 is 27.3 Å². The monoisotopic (exact) mass is 485 g/mol. The highest BCUT2D eigenvalue weighted by atomic mass is 79.9. The molecule has 0 atom stereocenters. The molecule has 0 radical (unpaired) electrons. The van der Waals surface area contributed by atoms with Gasteiger partial charge in [0.1, 0.15) is 11.5 Å². The quantitative estimate of drug-likeness (QED) is 0.451. The van der Waals surface area contributed by atoms with Gasteiger partial charge in [-0.1, -0.05) is 6.07 Å². The van der Waals surface area contributed by atoms with E-state index in [4.69, 9.17) is 4.42 Å². The lowest BCUT2D eigenvalue weighted by Crippen LogP contribution is -2.24. The second-order valence-corrected chi connectivity index (χ2v) is 8.61. The molecule has 1 aliphatic carbocycles. The molecule has 0 spiro atoms. The van der Waals surface area contributed by atoms with Gasteiger partial charge in [0.25, 0.3) is 11.5 Å². The topological polar surface area (TPSA) is 106 Å². The van der Waals surface area contributed by atoms with Crippen LogP contribution in [-0.2, 0) is 12.8 Å². The van der Waals surface area contributed by atoms with E-state index < -0.39 is 5.91 Å². The first-order valence-corrected chi connectivity index (χ1v) is 11.1. The summed E-state index contributed by atoms with van der Waals surface area (Å²) in [6.45, 7) is 0. The number of fused-ring (bicyclic) bond motifs is 1. The standard InChI is InChI=1S/C20H16BrN5O3S/c21-16-8-7-14(29-16)19(28)23-17-10-13(15-6-3-9-30-15)25-26(17)20-22-12-5-2-1-4-11(12)18(27)24-20/h3,6-10H,1-2,4-5H2,(H,23,28)(H,22,24,27). The molecule has 0 aromatic carbocycles. The largest absolute Gasteiger partial charge is 0.444 e. The summed E-state index contributed by atoms with van der Waals surface area (Å²) in [6.07, 6.45) is 3.47. The third-order valence-electron chi connectivity index (χ3n) is 4.90. The third kappa shape index (κ3) is 3.52. The Morgan fingerprint density at radius 1 is 1.27 bits per heavy atom. The number of aromatic amines is 1. The number of aromatic nitrogens is 4. The highest BCUT2D eigenvalue weighted by Crippen LogP contribution is 2.28. The van der Waals surface area contributed by atoms with E-state index in [1.807, 2.05) is 17.5 Å². The van der Waals surface area contributed by atoms with E-state index in [-0.39, 0.29) is 17.3 Å². The van der Waals surface area contributed by atoms with Gasteiger partial charge in [-0.05, 0) is 65.2 Å². The first-order valence-electron chi connectivity index (χ1n) is 9.41. The van der Waals surface area contributed by atoms with E-state index in [0.717, 1.165) is 41.8 Å². The van der Waals surface area contributed by atoms with Gasteiger partial charge in [-0.2, -0.15) is 9.78 Å². The minimum absolute atomic E-state index is 0.152. The van der Waals surface area contributed by atoms with Crippen LogP contribution in [0.1, 0.15) is 34.7 Å². The molecule has 4 heterocycles. The van der Waals surface area contributed by atoms with Crippen molar-refractivity contribution in [2.24, 2.45) is 0 Å². The maximum Gasteiger partial charge on any atom is 0.292 e. The summed E-state index contributed by atoms with van der Waals surface area (Å²) in [6, 6.07) is 8.83. The molecule has 0 fully saturated rings. The molecular weight excluding hydrogens is 470 g/mol. The SMILES string of the molecule is O=C(Nc1cc(-c2cccs2)nn1-c1nc2c(c(=O)[nH]1)CCCC2)c1ccc(Br)o1. The summed E-state index contributed by atoms with van der Waals surface area (Å²) in [4.78, 5) is 33.7. The van der Waals surface area contributed by atoms with Gasteiger partial charge in [0.2, 0.25) is 5.95 Å². The van der Waals surface area contributed by atoms with Crippen molar-refractivity contribution in [3.8, 4) is 16.5 Å². The summed E-state index contributed by atoms with van der Waals surface area (Å²) in [5.41, 5.74) is 2.04. The van der Waals surface area contributed by atoms with E-state index >= 15 is 0 Å². The number of halogens is 1. The molecule has 0 aliphatic heterocycles. The van der Waals surface area contributed by atoms with Crippen molar-refractivity contribution in [1.29, 1.82) is 0 Å². The van der Waals surface area contributed by atoms with Crippen LogP contribution < -0.4 is 10.9 Å². The minimum Gasteiger partial charge on any atom is -0.444 e. The van der Waals surface area contributed by atoms with Crippen molar-refractivity contribution in [1.82, 2.24) is 19.7 Å². The van der Waals surface area contributed by atoms with Gasteiger partial charge in [0.15, 0.2) is 10.4 Å². The van der Waals surface area contributed by atoms with Crippen molar-refractivity contribution in [2.45, 2.75) is 25.7 Å². The van der Waals surface area contributed by atoms with Crippen LogP contribution in [0.15, 0.2) is 49.6 Å². The lowest BCUT2D eigenvalue weighted by atomic mass is 9.97. The van der Waals surface area contributed by atoms with Gasteiger partial charge < -0.3 is 9.73 Å². The van der Waals surface area contributed by atoms with Crippen molar-refractivity contribution >= 4 is 39.0 Å². The van der Waals surface area contributed by atoms with Crippen LogP contribution in [0.2, 0.25) is 0 Å². The van der Waals surface area contributed by atoms with Crippen molar-refractivity contribution in [3.05, 3.63) is 67.8 Å². The fraction of sp³-hybridized carbons (Fsp3) is 0.200. The number of aryl methyl sites for hydroxylation is 1. The number of H-pyrrole nitrogens is 1. The molecule has 1 amide bonds. The molecular formula is C20H16BrN5O3S. The lowest BCUT2D eigenvalue weighted by Gasteiger charge is -2.15. The van der Waals surface area contributed by atoms with E-state index in [1.54, 1.807) is 18.2 Å². The predicted molar refractivity (Wildman–Crippen MR) is 116 cm³/mol. The summed E-state index contributed by atoms with van der Waals surface area (Å²) < 4.78 is 7.26. The van der Waals surface area contributed by atoms with Gasteiger partial charge in [0, 0.05) is 11.6 Å². The van der Waals surface area contributed by atoms with Crippen molar-refractivity contribution < 1.29 is 9.21 Å². The minimum atomic E-state index is -0.431. The van der Waals surface area contributed by atoms with Crippen LogP contribution in [0.25, 0.3) is 16.5 Å². The maximum atomic E-state index is 12.6. The second-order valence-electron chi connectivity index (χ2n) is 6.88. The average molecular weight is 486 g/mol. The summed E-state index contributed by atoms with van der Waals surface area (Å²) in [7, 11) is 0. The van der Waals surface area contributed by atoms with Crippen molar-refractivity contribution in [3.63, 3.8) is 0 Å². The summed E-state index contributed by atoms with van der Waals surface area (Å²) in [5.74, 6) is 0.383. The zero-order chi connectivity index (χ0) is 20.7. The second kappa shape index (κ2) is 7.69. The molecule has 0 saturated heterocycles. The van der Waals surface area contributed by atoms with Crippen LogP contribution in [0.3, 0.4) is 0 Å². The van der Waals surface area contributed by atoms with E-state index in [1.165, 1.54) is 16.0 Å². The first kappa shape index (κ1) is 19.0. The third-order valence-corrected chi connectivity index (χ3v) is 6.22. The van der Waals surface area contributed by atoms with E-state index in [2.05, 4.69) is 36.3 Å². The summed E-state index contributed by atoms with van der Waals surface area (Å²) >= 11 is 4.73. The number of thiophene rings is 1. The Labute approximate surface area is 183 Å². The number of anilines is 1. The zero-order valence-electron chi connectivity index (χ0n) is 15.6. The molecule has 10 heteroatoms. The smallest absolute Gasteiger partial charge is 0.292 e. The van der Waals surface area contributed by atoms with Crippen LogP contribution in [-0.4, -0.2) is 25.7 Å². The van der Waals surface area contributed by atoms with Gasteiger partial charge in [0.05, 0.1) is 10.6 Å². The Morgan fingerprint density at radius 3 is 2.90 bits per heavy atom. The number of carbonyl (C=O) groups excluding carboxylic acids is 1. The van der Waals surface area contributed by atoms with E-state index in [0.29, 0.717) is 16.2 Å². The number of rotatable bonds is 4. The van der Waals surface area contributed by atoms with Gasteiger partial charge >= 0.3 is 0 Å². The normalized spacial score (nSPS) is 13.2. The van der Waals surface area contributed by atoms with Crippen molar-refractivity contribution in [2.75, 3.05) is 5.32 Å². The van der Waals surface area contributed by atoms with Gasteiger partial charge in [-0.25, -0.2) is 4.98 Å². The Kier molecular flexibility index (Phi) is 4.87. The van der Waals surface area contributed by atoms with Gasteiger partial charge in [-0.15, -0.1) is 11.3 Å². The number of hydrogen-bond acceptors (Lipinski definition) is 6. The Hall–Kier alpha value is -2.98. The molecule has 1 aliphatic rings. The molecule has 2 N–H and O–H groups in total. The Morgan fingerprint density at radius 2 is 2.13 bits per heavy atom. The average Bonchev–Trinajstić information content (AvgIpc) is 3.48. The number of carbonyl (C=O) groups is 1. The van der Waals surface area contributed by atoms with Crippen LogP contribution in [0, 0.1) is 0 Å². The van der Waals surface area contributed by atoms with Gasteiger partial charge in [-0.3, -0.25) is 14.6 Å². The predicted octanol–water partition coefficient (Wildman–Crippen LogP) is 4.17. The Bertz CT molecular complexity index is 1290. The molecule has 4 aromatic rings. The first-order chi connectivity index (χ1) is 14.6.